The van der Waals surface area contributed by atoms with Crippen LogP contribution in [-0.4, -0.2) is 23.7 Å². The molecule has 0 aliphatic heterocycles. The Kier molecular flexibility index (Phi) is 1.75. The van der Waals surface area contributed by atoms with E-state index in [1.165, 1.54) is 0 Å². The SMILES string of the molecule is NS(=O)(=O)C(=O)c1cn[nH]c1. The van der Waals surface area contributed by atoms with Crippen LogP contribution in [-0.2, 0) is 10.0 Å². The summed E-state index contributed by atoms with van der Waals surface area (Å²) in [6.45, 7) is 0. The first-order valence-electron chi connectivity index (χ1n) is 2.58. The van der Waals surface area contributed by atoms with Crippen LogP contribution in [0.5, 0.6) is 0 Å². The minimum Gasteiger partial charge on any atom is -0.285 e. The molecule has 0 unspecified atom stereocenters. The van der Waals surface area contributed by atoms with E-state index in [2.05, 4.69) is 15.3 Å². The molecule has 0 amide bonds. The standard InChI is InChI=1S/C4H5N3O3S/c5-11(9,10)4(8)3-1-6-7-2-3/h1-2H,(H,6,7)(H2,5,9,10). The van der Waals surface area contributed by atoms with Gasteiger partial charge < -0.3 is 0 Å². The molecule has 0 radical (unpaired) electrons. The van der Waals surface area contributed by atoms with Crippen LogP contribution in [0.1, 0.15) is 10.4 Å². The molecule has 0 bridgehead atoms. The molecule has 0 fully saturated rings. The highest BCUT2D eigenvalue weighted by Crippen LogP contribution is 1.98. The lowest BCUT2D eigenvalue weighted by Crippen LogP contribution is -2.22. The number of hydrogen-bond acceptors (Lipinski definition) is 4. The molecule has 1 rings (SSSR count). The van der Waals surface area contributed by atoms with Crippen molar-refractivity contribution in [1.82, 2.24) is 10.2 Å². The number of sulfonamides is 1. The average molecular weight is 175 g/mol. The third kappa shape index (κ3) is 1.63. The molecule has 0 aliphatic carbocycles. The number of nitrogens with two attached hydrogens (primary N) is 1. The first kappa shape index (κ1) is 7.89. The van der Waals surface area contributed by atoms with Gasteiger partial charge in [-0.15, -0.1) is 0 Å². The van der Waals surface area contributed by atoms with Crippen LogP contribution < -0.4 is 5.14 Å². The number of rotatable bonds is 1. The Bertz CT molecular complexity index is 352. The van der Waals surface area contributed by atoms with Crippen LogP contribution in [0, 0.1) is 0 Å². The normalized spacial score (nSPS) is 11.4. The summed E-state index contributed by atoms with van der Waals surface area (Å²) in [5.41, 5.74) is -0.0625. The van der Waals surface area contributed by atoms with Crippen molar-refractivity contribution >= 4 is 15.1 Å². The largest absolute Gasteiger partial charge is 0.294 e. The first-order valence-corrected chi connectivity index (χ1v) is 4.12. The van der Waals surface area contributed by atoms with Gasteiger partial charge in [0, 0.05) is 6.20 Å². The maximum atomic E-state index is 10.8. The zero-order chi connectivity index (χ0) is 8.48. The summed E-state index contributed by atoms with van der Waals surface area (Å²) in [6.07, 6.45) is 2.25. The number of aromatic amines is 1. The van der Waals surface area contributed by atoms with Crippen LogP contribution in [0.25, 0.3) is 0 Å². The smallest absolute Gasteiger partial charge is 0.285 e. The highest BCUT2D eigenvalue weighted by molar-refractivity contribution is 8.04. The van der Waals surface area contributed by atoms with Crippen LogP contribution in [0.4, 0.5) is 0 Å². The van der Waals surface area contributed by atoms with E-state index in [4.69, 9.17) is 0 Å². The van der Waals surface area contributed by atoms with Crippen LogP contribution in [0.3, 0.4) is 0 Å². The van der Waals surface area contributed by atoms with Crippen molar-refractivity contribution in [2.24, 2.45) is 5.14 Å². The average Bonchev–Trinajstić information content (AvgIpc) is 2.34. The van der Waals surface area contributed by atoms with Crippen molar-refractivity contribution in [3.63, 3.8) is 0 Å². The zero-order valence-corrected chi connectivity index (χ0v) is 6.13. The number of nitrogens with zero attached hydrogens (tertiary/aromatic N) is 1. The van der Waals surface area contributed by atoms with Crippen molar-refractivity contribution in [2.75, 3.05) is 0 Å². The zero-order valence-electron chi connectivity index (χ0n) is 5.31. The lowest BCUT2D eigenvalue weighted by atomic mass is 10.4. The molecular formula is C4H5N3O3S. The van der Waals surface area contributed by atoms with Crippen molar-refractivity contribution in [2.45, 2.75) is 0 Å². The highest BCUT2D eigenvalue weighted by atomic mass is 32.2. The molecule has 6 nitrogen and oxygen atoms in total. The molecule has 0 atom stereocenters. The van der Waals surface area contributed by atoms with E-state index in [0.29, 0.717) is 0 Å². The summed E-state index contributed by atoms with van der Waals surface area (Å²) in [6, 6.07) is 0. The minimum atomic E-state index is -4.12. The maximum absolute atomic E-state index is 10.8. The van der Waals surface area contributed by atoms with Crippen LogP contribution >= 0.6 is 0 Å². The predicted octanol–water partition coefficient (Wildman–Crippen LogP) is -1.16. The number of carbonyl (C=O) groups excluding carboxylic acids is 1. The van der Waals surface area contributed by atoms with Crippen LogP contribution in [0.15, 0.2) is 12.4 Å². The van der Waals surface area contributed by atoms with Crippen molar-refractivity contribution in [1.29, 1.82) is 0 Å². The predicted molar refractivity (Wildman–Crippen MR) is 36.0 cm³/mol. The quantitative estimate of drug-likeness (QED) is 0.561. The molecule has 0 aliphatic rings. The highest BCUT2D eigenvalue weighted by Gasteiger charge is 2.19. The molecule has 1 aromatic rings. The Morgan fingerprint density at radius 2 is 2.27 bits per heavy atom. The second-order valence-corrected chi connectivity index (χ2v) is 3.28. The Morgan fingerprint density at radius 1 is 1.64 bits per heavy atom. The molecule has 7 heteroatoms. The molecule has 60 valence electrons. The second kappa shape index (κ2) is 2.44. The third-order valence-corrected chi connectivity index (χ3v) is 1.74. The Balaban J connectivity index is 3.07. The van der Waals surface area contributed by atoms with E-state index in [9.17, 15) is 13.2 Å². The molecule has 0 saturated carbocycles. The van der Waals surface area contributed by atoms with E-state index in [0.717, 1.165) is 12.4 Å². The number of carbonyl (C=O) groups is 1. The molecule has 11 heavy (non-hydrogen) atoms. The van der Waals surface area contributed by atoms with Gasteiger partial charge in [0.15, 0.2) is 0 Å². The Hall–Kier alpha value is -1.21. The molecule has 1 aromatic heterocycles. The van der Waals surface area contributed by atoms with Gasteiger partial charge in [-0.05, 0) is 0 Å². The van der Waals surface area contributed by atoms with E-state index < -0.39 is 15.1 Å². The summed E-state index contributed by atoms with van der Waals surface area (Å²) in [4.78, 5) is 10.8. The fourth-order valence-corrected chi connectivity index (χ4v) is 0.967. The first-order chi connectivity index (χ1) is 5.02. The minimum absolute atomic E-state index is 0.0625. The lowest BCUT2D eigenvalue weighted by Gasteiger charge is -1.89. The third-order valence-electron chi connectivity index (χ3n) is 0.992. The van der Waals surface area contributed by atoms with Gasteiger partial charge in [-0.25, -0.2) is 13.6 Å². The van der Waals surface area contributed by atoms with Gasteiger partial charge in [0.05, 0.1) is 11.8 Å². The molecular weight excluding hydrogens is 170 g/mol. The van der Waals surface area contributed by atoms with Gasteiger partial charge in [0.2, 0.25) is 0 Å². The molecule has 0 spiro atoms. The number of H-pyrrole nitrogens is 1. The van der Waals surface area contributed by atoms with E-state index >= 15 is 0 Å². The fraction of sp³-hybridized carbons (Fsp3) is 0. The summed E-state index contributed by atoms with van der Waals surface area (Å²) in [5, 5.41) is 9.10. The second-order valence-electron chi connectivity index (χ2n) is 1.82. The summed E-state index contributed by atoms with van der Waals surface area (Å²) in [5.74, 6) is 0. The monoisotopic (exact) mass is 175 g/mol. The number of aromatic nitrogens is 2. The van der Waals surface area contributed by atoms with E-state index in [1.54, 1.807) is 0 Å². The Morgan fingerprint density at radius 3 is 2.64 bits per heavy atom. The van der Waals surface area contributed by atoms with E-state index in [-0.39, 0.29) is 5.56 Å². The van der Waals surface area contributed by atoms with Gasteiger partial charge in [-0.2, -0.15) is 5.10 Å². The summed E-state index contributed by atoms with van der Waals surface area (Å²) < 4.78 is 20.8. The van der Waals surface area contributed by atoms with Gasteiger partial charge in [0.25, 0.3) is 15.1 Å². The summed E-state index contributed by atoms with van der Waals surface area (Å²) >= 11 is 0. The van der Waals surface area contributed by atoms with Gasteiger partial charge in [-0.1, -0.05) is 0 Å². The number of primary sulfonamides is 1. The molecule has 3 N–H and O–H groups in total. The van der Waals surface area contributed by atoms with E-state index in [1.807, 2.05) is 0 Å². The fourth-order valence-electron chi connectivity index (χ4n) is 0.527. The lowest BCUT2D eigenvalue weighted by molar-refractivity contribution is 0.107. The van der Waals surface area contributed by atoms with Crippen molar-refractivity contribution in [3.05, 3.63) is 18.0 Å². The topological polar surface area (TPSA) is 106 Å². The van der Waals surface area contributed by atoms with Crippen molar-refractivity contribution in [3.8, 4) is 0 Å². The number of nitrogens with one attached hydrogen (secondary N) is 1. The van der Waals surface area contributed by atoms with Gasteiger partial charge in [-0.3, -0.25) is 9.89 Å². The Labute approximate surface area is 62.5 Å². The van der Waals surface area contributed by atoms with Gasteiger partial charge >= 0.3 is 0 Å². The summed E-state index contributed by atoms with van der Waals surface area (Å²) in [7, 11) is -4.12. The molecule has 1 heterocycles. The van der Waals surface area contributed by atoms with Crippen molar-refractivity contribution < 1.29 is 13.2 Å². The number of hydrogen-bond donors (Lipinski definition) is 2. The molecule has 0 aromatic carbocycles. The molecule has 0 saturated heterocycles. The van der Waals surface area contributed by atoms with Gasteiger partial charge in [0.1, 0.15) is 0 Å². The maximum Gasteiger partial charge on any atom is 0.294 e. The van der Waals surface area contributed by atoms with Crippen LogP contribution in [0.2, 0.25) is 0 Å².